The van der Waals surface area contributed by atoms with Gasteiger partial charge in [0, 0.05) is 0 Å². The van der Waals surface area contributed by atoms with Gasteiger partial charge in [-0.25, -0.2) is 9.79 Å². The van der Waals surface area contributed by atoms with Crippen molar-refractivity contribution in [2.24, 2.45) is 16.5 Å². The predicted octanol–water partition coefficient (Wildman–Crippen LogP) is 1.32. The van der Waals surface area contributed by atoms with Crippen molar-refractivity contribution in [3.63, 3.8) is 0 Å². The zero-order chi connectivity index (χ0) is 11.8. The van der Waals surface area contributed by atoms with Gasteiger partial charge in [0.15, 0.2) is 5.96 Å². The molecular formula is C10H15N3O2. The highest BCUT2D eigenvalue weighted by molar-refractivity contribution is 5.88. The fraction of sp³-hybridized carbons (Fsp3) is 0.200. The Kier molecular flexibility index (Phi) is 5.55. The van der Waals surface area contributed by atoms with E-state index in [1.54, 1.807) is 0 Å². The molecule has 0 heterocycles. The van der Waals surface area contributed by atoms with E-state index in [1.165, 1.54) is 24.3 Å². The van der Waals surface area contributed by atoms with Crippen molar-refractivity contribution < 1.29 is 9.90 Å². The summed E-state index contributed by atoms with van der Waals surface area (Å²) in [6, 6.07) is 5.93. The number of rotatable bonds is 2. The lowest BCUT2D eigenvalue weighted by Gasteiger charge is -1.95. The number of carboxylic acid groups (broad SMARTS) is 1. The van der Waals surface area contributed by atoms with Crippen LogP contribution in [0.25, 0.3) is 0 Å². The minimum Gasteiger partial charge on any atom is -0.478 e. The Morgan fingerprint density at radius 3 is 2.00 bits per heavy atom. The molecule has 0 aliphatic heterocycles. The summed E-state index contributed by atoms with van der Waals surface area (Å²) < 4.78 is 0. The van der Waals surface area contributed by atoms with E-state index in [0.29, 0.717) is 5.69 Å². The van der Waals surface area contributed by atoms with Crippen LogP contribution >= 0.6 is 0 Å². The van der Waals surface area contributed by atoms with E-state index < -0.39 is 5.97 Å². The van der Waals surface area contributed by atoms with Gasteiger partial charge in [-0.2, -0.15) is 0 Å². The Labute approximate surface area is 88.4 Å². The van der Waals surface area contributed by atoms with Crippen LogP contribution in [0.3, 0.4) is 0 Å². The monoisotopic (exact) mass is 209 g/mol. The van der Waals surface area contributed by atoms with Crippen LogP contribution in [0, 0.1) is 0 Å². The first-order valence-electron chi connectivity index (χ1n) is 4.52. The Morgan fingerprint density at radius 2 is 1.67 bits per heavy atom. The van der Waals surface area contributed by atoms with E-state index in [1.807, 2.05) is 13.8 Å². The highest BCUT2D eigenvalue weighted by Gasteiger charge is 2.00. The number of aliphatic imine (C=N–C) groups is 1. The number of carbonyl (C=O) groups is 1. The molecule has 0 saturated carbocycles. The zero-order valence-electron chi connectivity index (χ0n) is 8.77. The van der Waals surface area contributed by atoms with Gasteiger partial charge in [0.25, 0.3) is 0 Å². The molecule has 0 aliphatic carbocycles. The van der Waals surface area contributed by atoms with Gasteiger partial charge in [0.1, 0.15) is 0 Å². The number of hydrogen-bond acceptors (Lipinski definition) is 2. The van der Waals surface area contributed by atoms with Gasteiger partial charge in [-0.05, 0) is 24.3 Å². The SMILES string of the molecule is CC.NC(N)=Nc1ccc(C(=O)O)cc1. The Morgan fingerprint density at radius 1 is 1.20 bits per heavy atom. The van der Waals surface area contributed by atoms with Crippen LogP contribution in [-0.2, 0) is 0 Å². The number of aromatic carboxylic acids is 1. The molecule has 1 rings (SSSR count). The third-order valence-electron chi connectivity index (χ3n) is 1.37. The normalized spacial score (nSPS) is 8.40. The van der Waals surface area contributed by atoms with E-state index in [4.69, 9.17) is 16.6 Å². The summed E-state index contributed by atoms with van der Waals surface area (Å²) in [5, 5.41) is 8.57. The molecule has 0 radical (unpaired) electrons. The van der Waals surface area contributed by atoms with Gasteiger partial charge < -0.3 is 16.6 Å². The molecule has 15 heavy (non-hydrogen) atoms. The fourth-order valence-electron chi connectivity index (χ4n) is 0.828. The maximum atomic E-state index is 10.4. The summed E-state index contributed by atoms with van der Waals surface area (Å²) in [4.78, 5) is 14.2. The number of nitrogens with zero attached hydrogens (tertiary/aromatic N) is 1. The lowest BCUT2D eigenvalue weighted by molar-refractivity contribution is 0.0697. The van der Waals surface area contributed by atoms with Crippen molar-refractivity contribution in [2.45, 2.75) is 13.8 Å². The third kappa shape index (κ3) is 4.66. The van der Waals surface area contributed by atoms with Crippen molar-refractivity contribution in [3.05, 3.63) is 29.8 Å². The molecule has 1 aromatic rings. The molecular weight excluding hydrogens is 194 g/mol. The van der Waals surface area contributed by atoms with Gasteiger partial charge in [0.05, 0.1) is 11.3 Å². The van der Waals surface area contributed by atoms with E-state index in [9.17, 15) is 4.79 Å². The molecule has 0 saturated heterocycles. The van der Waals surface area contributed by atoms with Crippen molar-refractivity contribution in [1.29, 1.82) is 0 Å². The van der Waals surface area contributed by atoms with E-state index in [-0.39, 0.29) is 11.5 Å². The molecule has 0 bridgehead atoms. The minimum atomic E-state index is -0.976. The predicted molar refractivity (Wildman–Crippen MR) is 60.2 cm³/mol. The van der Waals surface area contributed by atoms with E-state index >= 15 is 0 Å². The summed E-state index contributed by atoms with van der Waals surface area (Å²) in [5.74, 6) is -1.03. The summed E-state index contributed by atoms with van der Waals surface area (Å²) in [6.45, 7) is 4.00. The van der Waals surface area contributed by atoms with Crippen LogP contribution in [0.15, 0.2) is 29.3 Å². The molecule has 1 aromatic carbocycles. The van der Waals surface area contributed by atoms with Crippen molar-refractivity contribution in [2.75, 3.05) is 0 Å². The Bertz CT molecular complexity index is 340. The number of hydrogen-bond donors (Lipinski definition) is 3. The third-order valence-corrected chi connectivity index (χ3v) is 1.37. The Hall–Kier alpha value is -2.04. The maximum absolute atomic E-state index is 10.4. The molecule has 5 N–H and O–H groups in total. The van der Waals surface area contributed by atoms with Gasteiger partial charge in [-0.15, -0.1) is 0 Å². The largest absolute Gasteiger partial charge is 0.478 e. The van der Waals surface area contributed by atoms with Gasteiger partial charge >= 0.3 is 5.97 Å². The number of carboxylic acids is 1. The summed E-state index contributed by atoms with van der Waals surface area (Å²) in [6.07, 6.45) is 0. The fourth-order valence-corrected chi connectivity index (χ4v) is 0.828. The molecule has 5 heteroatoms. The molecule has 0 unspecified atom stereocenters. The smallest absolute Gasteiger partial charge is 0.335 e. The van der Waals surface area contributed by atoms with E-state index in [2.05, 4.69) is 4.99 Å². The van der Waals surface area contributed by atoms with E-state index in [0.717, 1.165) is 0 Å². The lowest BCUT2D eigenvalue weighted by Crippen LogP contribution is -2.21. The minimum absolute atomic E-state index is 0.0527. The van der Waals surface area contributed by atoms with Gasteiger partial charge in [0.2, 0.25) is 0 Å². The highest BCUT2D eigenvalue weighted by Crippen LogP contribution is 2.12. The molecule has 0 fully saturated rings. The second-order valence-corrected chi connectivity index (χ2v) is 2.39. The Balaban J connectivity index is 0.000000921. The van der Waals surface area contributed by atoms with Crippen LogP contribution in [0.4, 0.5) is 5.69 Å². The molecule has 5 nitrogen and oxygen atoms in total. The lowest BCUT2D eigenvalue weighted by atomic mass is 10.2. The maximum Gasteiger partial charge on any atom is 0.335 e. The van der Waals surface area contributed by atoms with Crippen LogP contribution in [0.1, 0.15) is 24.2 Å². The summed E-state index contributed by atoms with van der Waals surface area (Å²) in [7, 11) is 0. The summed E-state index contributed by atoms with van der Waals surface area (Å²) in [5.41, 5.74) is 11.0. The quantitative estimate of drug-likeness (QED) is 0.505. The highest BCUT2D eigenvalue weighted by atomic mass is 16.4. The topological polar surface area (TPSA) is 102 Å². The molecule has 0 aromatic heterocycles. The number of guanidine groups is 1. The first-order chi connectivity index (χ1) is 7.09. The zero-order valence-corrected chi connectivity index (χ0v) is 8.77. The average Bonchev–Trinajstić information content (AvgIpc) is 2.20. The molecule has 0 spiro atoms. The molecule has 0 atom stereocenters. The van der Waals surface area contributed by atoms with Gasteiger partial charge in [-0.1, -0.05) is 13.8 Å². The summed E-state index contributed by atoms with van der Waals surface area (Å²) >= 11 is 0. The van der Waals surface area contributed by atoms with Crippen molar-refractivity contribution >= 4 is 17.6 Å². The molecule has 82 valence electrons. The van der Waals surface area contributed by atoms with Crippen LogP contribution < -0.4 is 11.5 Å². The first kappa shape index (κ1) is 13.0. The second kappa shape index (κ2) is 6.42. The standard InChI is InChI=1S/C8H9N3O2.C2H6/c9-8(10)11-6-3-1-5(2-4-6)7(12)13;1-2/h1-4H,(H,12,13)(H4,9,10,11);1-2H3. The molecule has 0 amide bonds. The van der Waals surface area contributed by atoms with Gasteiger partial charge in [-0.3, -0.25) is 0 Å². The number of nitrogens with two attached hydrogens (primary N) is 2. The second-order valence-electron chi connectivity index (χ2n) is 2.39. The van der Waals surface area contributed by atoms with Crippen molar-refractivity contribution in [1.82, 2.24) is 0 Å². The first-order valence-corrected chi connectivity index (χ1v) is 4.52. The van der Waals surface area contributed by atoms with Crippen LogP contribution in [0.2, 0.25) is 0 Å². The average molecular weight is 209 g/mol. The van der Waals surface area contributed by atoms with Crippen LogP contribution in [-0.4, -0.2) is 17.0 Å². The number of benzene rings is 1. The molecule has 0 aliphatic rings. The van der Waals surface area contributed by atoms with Crippen LogP contribution in [0.5, 0.6) is 0 Å². The van der Waals surface area contributed by atoms with Crippen molar-refractivity contribution in [3.8, 4) is 0 Å².